The Hall–Kier alpha value is -0.820. The Labute approximate surface area is 105 Å². The highest BCUT2D eigenvalue weighted by Gasteiger charge is 2.38. The highest BCUT2D eigenvalue weighted by atomic mass is 19.4. The SMILES string of the molecule is CNC1CC(C)N(C)C(C)C1.O=C(O)C(F)(F)F. The second-order valence-corrected chi connectivity index (χ2v) is 4.62. The molecule has 0 radical (unpaired) electrons. The third kappa shape index (κ3) is 5.68. The minimum absolute atomic E-state index is 0.733. The first kappa shape index (κ1) is 17.2. The number of piperidine rings is 1. The number of hydrogen-bond acceptors (Lipinski definition) is 3. The van der Waals surface area contributed by atoms with Crippen LogP contribution in [0.25, 0.3) is 0 Å². The van der Waals surface area contributed by atoms with Crippen molar-refractivity contribution in [3.05, 3.63) is 0 Å². The van der Waals surface area contributed by atoms with E-state index in [1.54, 1.807) is 0 Å². The Morgan fingerprint density at radius 1 is 1.28 bits per heavy atom. The van der Waals surface area contributed by atoms with Gasteiger partial charge in [0, 0.05) is 18.1 Å². The van der Waals surface area contributed by atoms with Gasteiger partial charge in [-0.15, -0.1) is 0 Å². The normalized spacial score (nSPS) is 29.4. The van der Waals surface area contributed by atoms with Crippen molar-refractivity contribution >= 4 is 5.97 Å². The summed E-state index contributed by atoms with van der Waals surface area (Å²) in [5, 5.41) is 10.5. The smallest absolute Gasteiger partial charge is 0.475 e. The van der Waals surface area contributed by atoms with E-state index in [0.29, 0.717) is 0 Å². The molecule has 0 spiro atoms. The van der Waals surface area contributed by atoms with Crippen molar-refractivity contribution in [2.45, 2.75) is 51.0 Å². The summed E-state index contributed by atoms with van der Waals surface area (Å²) >= 11 is 0. The predicted octanol–water partition coefficient (Wildman–Crippen LogP) is 1.71. The minimum atomic E-state index is -5.08. The molecule has 1 rings (SSSR count). The summed E-state index contributed by atoms with van der Waals surface area (Å²) in [7, 11) is 4.29. The third-order valence-electron chi connectivity index (χ3n) is 3.29. The molecule has 0 aromatic rings. The zero-order valence-electron chi connectivity index (χ0n) is 11.1. The molecule has 1 saturated heterocycles. The Kier molecular flexibility index (Phi) is 6.62. The molecular formula is C11H21F3N2O2. The van der Waals surface area contributed by atoms with Gasteiger partial charge in [0.15, 0.2) is 0 Å². The highest BCUT2D eigenvalue weighted by molar-refractivity contribution is 5.73. The minimum Gasteiger partial charge on any atom is -0.475 e. The number of nitrogens with zero attached hydrogens (tertiary/aromatic N) is 1. The van der Waals surface area contributed by atoms with Gasteiger partial charge in [0.2, 0.25) is 0 Å². The molecular weight excluding hydrogens is 249 g/mol. The van der Waals surface area contributed by atoms with E-state index in [2.05, 4.69) is 38.2 Å². The fourth-order valence-electron chi connectivity index (χ4n) is 1.92. The number of carboxylic acids is 1. The highest BCUT2D eigenvalue weighted by Crippen LogP contribution is 2.20. The summed E-state index contributed by atoms with van der Waals surface area (Å²) < 4.78 is 31.7. The van der Waals surface area contributed by atoms with Crippen LogP contribution in [0.1, 0.15) is 26.7 Å². The molecule has 2 atom stereocenters. The van der Waals surface area contributed by atoms with Crippen LogP contribution < -0.4 is 5.32 Å². The second kappa shape index (κ2) is 6.94. The van der Waals surface area contributed by atoms with Crippen molar-refractivity contribution in [3.8, 4) is 0 Å². The van der Waals surface area contributed by atoms with Crippen LogP contribution in [0.15, 0.2) is 0 Å². The van der Waals surface area contributed by atoms with Crippen LogP contribution in [0.5, 0.6) is 0 Å². The van der Waals surface area contributed by atoms with Gasteiger partial charge in [-0.1, -0.05) is 0 Å². The number of hydrogen-bond donors (Lipinski definition) is 2. The summed E-state index contributed by atoms with van der Waals surface area (Å²) in [5.74, 6) is -2.76. The van der Waals surface area contributed by atoms with Crippen molar-refractivity contribution in [1.82, 2.24) is 10.2 Å². The lowest BCUT2D eigenvalue weighted by Crippen LogP contribution is -2.49. The van der Waals surface area contributed by atoms with Crippen LogP contribution in [0.4, 0.5) is 13.2 Å². The molecule has 108 valence electrons. The molecule has 0 amide bonds. The van der Waals surface area contributed by atoms with Gasteiger partial charge >= 0.3 is 12.1 Å². The number of likely N-dealkylation sites (tertiary alicyclic amines) is 1. The van der Waals surface area contributed by atoms with E-state index in [9.17, 15) is 13.2 Å². The first-order valence-electron chi connectivity index (χ1n) is 5.78. The first-order valence-corrected chi connectivity index (χ1v) is 5.78. The molecule has 2 N–H and O–H groups in total. The quantitative estimate of drug-likeness (QED) is 0.761. The van der Waals surface area contributed by atoms with E-state index < -0.39 is 12.1 Å². The maximum atomic E-state index is 10.6. The van der Waals surface area contributed by atoms with E-state index in [1.165, 1.54) is 12.8 Å². The molecule has 1 aliphatic heterocycles. The number of aliphatic carboxylic acids is 1. The van der Waals surface area contributed by atoms with Crippen molar-refractivity contribution in [3.63, 3.8) is 0 Å². The van der Waals surface area contributed by atoms with E-state index in [0.717, 1.165) is 18.1 Å². The zero-order chi connectivity index (χ0) is 14.5. The average Bonchev–Trinajstić information content (AvgIpc) is 2.24. The lowest BCUT2D eigenvalue weighted by Gasteiger charge is -2.40. The van der Waals surface area contributed by atoms with Crippen LogP contribution in [-0.2, 0) is 4.79 Å². The fourth-order valence-corrected chi connectivity index (χ4v) is 1.92. The number of halogens is 3. The Bertz CT molecular complexity index is 260. The topological polar surface area (TPSA) is 52.6 Å². The molecule has 18 heavy (non-hydrogen) atoms. The van der Waals surface area contributed by atoms with Gasteiger partial charge in [0.1, 0.15) is 0 Å². The maximum Gasteiger partial charge on any atom is 0.490 e. The number of nitrogens with one attached hydrogen (secondary N) is 1. The molecule has 1 heterocycles. The van der Waals surface area contributed by atoms with Gasteiger partial charge in [-0.25, -0.2) is 4.79 Å². The molecule has 0 aromatic carbocycles. The van der Waals surface area contributed by atoms with Gasteiger partial charge < -0.3 is 15.3 Å². The molecule has 1 aliphatic rings. The van der Waals surface area contributed by atoms with E-state index in [1.807, 2.05) is 0 Å². The number of alkyl halides is 3. The van der Waals surface area contributed by atoms with Crippen LogP contribution in [0.2, 0.25) is 0 Å². The fraction of sp³-hybridized carbons (Fsp3) is 0.909. The first-order chi connectivity index (χ1) is 8.09. The standard InChI is InChI=1S/C9H20N2.C2HF3O2/c1-7-5-9(10-3)6-8(2)11(7)4;3-2(4,5)1(6)7/h7-10H,5-6H2,1-4H3;(H,6,7). The van der Waals surface area contributed by atoms with Gasteiger partial charge in [-0.05, 0) is 40.8 Å². The van der Waals surface area contributed by atoms with Gasteiger partial charge in [0.25, 0.3) is 0 Å². The number of carbonyl (C=O) groups is 1. The monoisotopic (exact) mass is 270 g/mol. The molecule has 2 unspecified atom stereocenters. The van der Waals surface area contributed by atoms with E-state index in [4.69, 9.17) is 9.90 Å². The van der Waals surface area contributed by atoms with Crippen LogP contribution in [0, 0.1) is 0 Å². The van der Waals surface area contributed by atoms with Gasteiger partial charge in [-0.3, -0.25) is 0 Å². The predicted molar refractivity (Wildman–Crippen MR) is 62.5 cm³/mol. The summed E-state index contributed by atoms with van der Waals surface area (Å²) in [4.78, 5) is 11.4. The lowest BCUT2D eigenvalue weighted by molar-refractivity contribution is -0.192. The Morgan fingerprint density at radius 2 is 1.61 bits per heavy atom. The summed E-state index contributed by atoms with van der Waals surface area (Å²) in [5.41, 5.74) is 0. The third-order valence-corrected chi connectivity index (χ3v) is 3.29. The Morgan fingerprint density at radius 3 is 1.83 bits per heavy atom. The van der Waals surface area contributed by atoms with Crippen molar-refractivity contribution in [2.75, 3.05) is 14.1 Å². The van der Waals surface area contributed by atoms with E-state index >= 15 is 0 Å². The molecule has 0 bridgehead atoms. The molecule has 0 aromatic heterocycles. The summed E-state index contributed by atoms with van der Waals surface area (Å²) in [6, 6.07) is 2.20. The summed E-state index contributed by atoms with van der Waals surface area (Å²) in [6.07, 6.45) is -2.51. The van der Waals surface area contributed by atoms with Gasteiger partial charge in [-0.2, -0.15) is 13.2 Å². The largest absolute Gasteiger partial charge is 0.490 e. The molecule has 1 fully saturated rings. The van der Waals surface area contributed by atoms with Crippen molar-refractivity contribution in [1.29, 1.82) is 0 Å². The van der Waals surface area contributed by atoms with Crippen LogP contribution in [-0.4, -0.2) is 54.4 Å². The van der Waals surface area contributed by atoms with Crippen LogP contribution in [0.3, 0.4) is 0 Å². The lowest BCUT2D eigenvalue weighted by atomic mass is 9.94. The van der Waals surface area contributed by atoms with Crippen LogP contribution >= 0.6 is 0 Å². The zero-order valence-corrected chi connectivity index (χ0v) is 11.1. The second-order valence-electron chi connectivity index (χ2n) is 4.62. The number of carboxylic acid groups (broad SMARTS) is 1. The maximum absolute atomic E-state index is 10.6. The summed E-state index contributed by atoms with van der Waals surface area (Å²) in [6.45, 7) is 4.61. The number of rotatable bonds is 1. The van der Waals surface area contributed by atoms with E-state index in [-0.39, 0.29) is 0 Å². The molecule has 0 saturated carbocycles. The Balaban J connectivity index is 0.000000360. The molecule has 0 aliphatic carbocycles. The average molecular weight is 270 g/mol. The van der Waals surface area contributed by atoms with Gasteiger partial charge in [0.05, 0.1) is 0 Å². The van der Waals surface area contributed by atoms with Crippen molar-refractivity contribution in [2.24, 2.45) is 0 Å². The molecule has 7 heteroatoms. The molecule has 4 nitrogen and oxygen atoms in total. The van der Waals surface area contributed by atoms with Crippen molar-refractivity contribution < 1.29 is 23.1 Å².